The highest BCUT2D eigenvalue weighted by molar-refractivity contribution is 4.94. The summed E-state index contributed by atoms with van der Waals surface area (Å²) in [7, 11) is 0. The third-order valence-corrected chi connectivity index (χ3v) is 10.1. The van der Waals surface area contributed by atoms with Gasteiger partial charge in [0, 0.05) is 69.2 Å². The SMILES string of the molecule is CC(C)OC1OC(COC2OC(CCO)C(CO)C(CO)C2CO)C(CO)C(OC2OC(CCO)C(CO)C(CO)C2CO)C1CO. The molecule has 0 saturated carbocycles. The van der Waals surface area contributed by atoms with Crippen molar-refractivity contribution in [2.75, 3.05) is 72.7 Å². The third kappa shape index (κ3) is 9.58. The Labute approximate surface area is 275 Å². The predicted molar refractivity (Wildman–Crippen MR) is 161 cm³/mol. The summed E-state index contributed by atoms with van der Waals surface area (Å²) in [5, 5.41) is 101. The normalized spacial score (nSPS) is 41.4. The van der Waals surface area contributed by atoms with E-state index >= 15 is 0 Å². The van der Waals surface area contributed by atoms with Crippen molar-refractivity contribution in [2.45, 2.75) is 76.1 Å². The summed E-state index contributed by atoms with van der Waals surface area (Å²) in [5.74, 6) is -5.61. The number of hydrogen-bond donors (Lipinski definition) is 10. The van der Waals surface area contributed by atoms with Gasteiger partial charge < -0.3 is 79.5 Å². The topological polar surface area (TPSA) is 258 Å². The van der Waals surface area contributed by atoms with Gasteiger partial charge in [-0.3, -0.25) is 0 Å². The molecule has 0 aromatic heterocycles. The molecule has 0 bridgehead atoms. The molecule has 3 rings (SSSR count). The van der Waals surface area contributed by atoms with Gasteiger partial charge in [-0.15, -0.1) is 0 Å². The summed E-state index contributed by atoms with van der Waals surface area (Å²) >= 11 is 0. The highest BCUT2D eigenvalue weighted by atomic mass is 16.7. The minimum atomic E-state index is -1.16. The average molecular weight is 687 g/mol. The van der Waals surface area contributed by atoms with Crippen LogP contribution < -0.4 is 0 Å². The fourth-order valence-electron chi connectivity index (χ4n) is 7.52. The Morgan fingerprint density at radius 2 is 0.894 bits per heavy atom. The van der Waals surface area contributed by atoms with Crippen LogP contribution in [0, 0.1) is 47.3 Å². The van der Waals surface area contributed by atoms with Crippen molar-refractivity contribution in [3.8, 4) is 0 Å². The van der Waals surface area contributed by atoms with Crippen LogP contribution in [-0.2, 0) is 28.4 Å². The maximum Gasteiger partial charge on any atom is 0.165 e. The Morgan fingerprint density at radius 3 is 1.32 bits per heavy atom. The summed E-state index contributed by atoms with van der Waals surface area (Å²) in [6, 6.07) is 0. The van der Waals surface area contributed by atoms with Crippen LogP contribution in [0.2, 0.25) is 0 Å². The van der Waals surface area contributed by atoms with Crippen LogP contribution >= 0.6 is 0 Å². The van der Waals surface area contributed by atoms with Crippen molar-refractivity contribution >= 4 is 0 Å². The van der Waals surface area contributed by atoms with Crippen LogP contribution in [0.4, 0.5) is 0 Å². The molecule has 3 saturated heterocycles. The van der Waals surface area contributed by atoms with Gasteiger partial charge in [0.25, 0.3) is 0 Å². The van der Waals surface area contributed by atoms with Crippen LogP contribution in [0.5, 0.6) is 0 Å². The lowest BCUT2D eigenvalue weighted by Gasteiger charge is -2.51. The molecular formula is C31H58O16. The monoisotopic (exact) mass is 686 g/mol. The second-order valence-corrected chi connectivity index (χ2v) is 13.0. The number of hydrogen-bond acceptors (Lipinski definition) is 16. The van der Waals surface area contributed by atoms with Crippen molar-refractivity contribution in [1.82, 2.24) is 0 Å². The molecule has 0 radical (unpaired) electrons. The largest absolute Gasteiger partial charge is 0.396 e. The molecule has 278 valence electrons. The molecule has 0 aromatic rings. The maximum absolute atomic E-state index is 10.7. The average Bonchev–Trinajstić information content (AvgIpc) is 3.06. The van der Waals surface area contributed by atoms with Gasteiger partial charge >= 0.3 is 0 Å². The number of ether oxygens (including phenoxy) is 6. The van der Waals surface area contributed by atoms with E-state index in [1.54, 1.807) is 13.8 Å². The van der Waals surface area contributed by atoms with Crippen LogP contribution in [0.1, 0.15) is 26.7 Å². The number of aliphatic hydroxyl groups is 10. The van der Waals surface area contributed by atoms with Crippen LogP contribution in [0.15, 0.2) is 0 Å². The summed E-state index contributed by atoms with van der Waals surface area (Å²) in [4.78, 5) is 0. The molecule has 3 aliphatic rings. The molecular weight excluding hydrogens is 628 g/mol. The van der Waals surface area contributed by atoms with Crippen molar-refractivity contribution in [3.63, 3.8) is 0 Å². The second-order valence-electron chi connectivity index (χ2n) is 13.0. The lowest BCUT2D eigenvalue weighted by molar-refractivity contribution is -0.350. The smallest absolute Gasteiger partial charge is 0.165 e. The van der Waals surface area contributed by atoms with Crippen LogP contribution in [-0.4, -0.2) is 173 Å². The molecule has 0 aromatic carbocycles. The predicted octanol–water partition coefficient (Wildman–Crippen LogP) is -3.38. The summed E-state index contributed by atoms with van der Waals surface area (Å²) < 4.78 is 37.1. The van der Waals surface area contributed by atoms with E-state index in [0.717, 1.165) is 0 Å². The van der Waals surface area contributed by atoms with E-state index in [1.807, 2.05) is 0 Å². The Morgan fingerprint density at radius 1 is 0.468 bits per heavy atom. The fourth-order valence-corrected chi connectivity index (χ4v) is 7.52. The van der Waals surface area contributed by atoms with Crippen molar-refractivity contribution in [1.29, 1.82) is 0 Å². The third-order valence-electron chi connectivity index (χ3n) is 10.1. The molecule has 47 heavy (non-hydrogen) atoms. The molecule has 0 aliphatic carbocycles. The number of aliphatic hydroxyl groups excluding tert-OH is 10. The highest BCUT2D eigenvalue weighted by Crippen LogP contribution is 2.42. The van der Waals surface area contributed by atoms with Gasteiger partial charge in [-0.05, 0) is 38.5 Å². The minimum Gasteiger partial charge on any atom is -0.396 e. The van der Waals surface area contributed by atoms with Crippen LogP contribution in [0.25, 0.3) is 0 Å². The standard InChI is InChI=1S/C31H58O16/c1-16(2)43-31-24(14-41)28(47-30-22(12-39)18(8-35)20(10-37)26(45-30)4-6-33)23(13-40)27(46-31)15-42-29-21(11-38)17(7-34)19(9-36)25(44-29)3-5-32/h16-41H,3-15H2,1-2H3. The van der Waals surface area contributed by atoms with Gasteiger partial charge in [0.05, 0.1) is 69.5 Å². The molecule has 3 aliphatic heterocycles. The van der Waals surface area contributed by atoms with E-state index in [0.29, 0.717) is 0 Å². The van der Waals surface area contributed by atoms with Crippen LogP contribution in [0.3, 0.4) is 0 Å². The molecule has 3 fully saturated rings. The van der Waals surface area contributed by atoms with E-state index in [2.05, 4.69) is 0 Å². The molecule has 16 nitrogen and oxygen atoms in total. The van der Waals surface area contributed by atoms with Gasteiger partial charge in [-0.1, -0.05) is 0 Å². The molecule has 3 heterocycles. The molecule has 15 unspecified atom stereocenters. The highest BCUT2D eigenvalue weighted by Gasteiger charge is 2.52. The van der Waals surface area contributed by atoms with Gasteiger partial charge in [0.15, 0.2) is 18.9 Å². The molecule has 0 amide bonds. The molecule has 10 N–H and O–H groups in total. The van der Waals surface area contributed by atoms with Gasteiger partial charge in [0.1, 0.15) is 0 Å². The summed E-state index contributed by atoms with van der Waals surface area (Å²) in [5.41, 5.74) is 0. The minimum absolute atomic E-state index is 0.132. The van der Waals surface area contributed by atoms with E-state index in [4.69, 9.17) is 28.4 Å². The van der Waals surface area contributed by atoms with E-state index < -0.39 is 124 Å². The quantitative estimate of drug-likeness (QED) is 0.0636. The lowest BCUT2D eigenvalue weighted by atomic mass is 9.75. The van der Waals surface area contributed by atoms with E-state index in [9.17, 15) is 51.1 Å². The van der Waals surface area contributed by atoms with Crippen molar-refractivity contribution in [2.24, 2.45) is 47.3 Å². The van der Waals surface area contributed by atoms with Crippen molar-refractivity contribution < 1.29 is 79.5 Å². The first-order valence-electron chi connectivity index (χ1n) is 16.7. The molecule has 0 spiro atoms. The van der Waals surface area contributed by atoms with Gasteiger partial charge in [-0.25, -0.2) is 0 Å². The Bertz CT molecular complexity index is 854. The fraction of sp³-hybridized carbons (Fsp3) is 1.00. The first kappa shape index (κ1) is 40.8. The molecule has 15 atom stereocenters. The first-order valence-corrected chi connectivity index (χ1v) is 16.7. The van der Waals surface area contributed by atoms with E-state index in [-0.39, 0.29) is 58.6 Å². The lowest BCUT2D eigenvalue weighted by Crippen LogP contribution is -2.61. The maximum atomic E-state index is 10.7. The van der Waals surface area contributed by atoms with E-state index in [1.165, 1.54) is 0 Å². The van der Waals surface area contributed by atoms with Crippen molar-refractivity contribution in [3.05, 3.63) is 0 Å². The zero-order valence-corrected chi connectivity index (χ0v) is 27.4. The zero-order valence-electron chi connectivity index (χ0n) is 27.4. The Kier molecular flexibility index (Phi) is 17.6. The van der Waals surface area contributed by atoms with Gasteiger partial charge in [0.2, 0.25) is 0 Å². The summed E-state index contributed by atoms with van der Waals surface area (Å²) in [6.07, 6.45) is -6.65. The number of rotatable bonds is 19. The first-order chi connectivity index (χ1) is 22.7. The zero-order chi connectivity index (χ0) is 34.7. The molecule has 16 heteroatoms. The Balaban J connectivity index is 1.91. The second kappa shape index (κ2) is 20.3. The summed E-state index contributed by atoms with van der Waals surface area (Å²) in [6.45, 7) is -0.489. The Hall–Kier alpha value is -0.640. The van der Waals surface area contributed by atoms with Gasteiger partial charge in [-0.2, -0.15) is 0 Å².